The lowest BCUT2D eigenvalue weighted by Crippen LogP contribution is -2.49. The molecule has 24 rings (SSSR count). The first-order chi connectivity index (χ1) is 64.9. The Morgan fingerprint density at radius 2 is 0.463 bits per heavy atom. The Morgan fingerprint density at radius 1 is 0.235 bits per heavy atom. The monoisotopic (exact) mass is 1860 g/mol. The number of nitrogens with zero attached hydrogens (tertiary/aromatic N) is 2. The molecule has 43 heteroatoms. The van der Waals surface area contributed by atoms with E-state index in [4.69, 9.17) is 14.2 Å². The van der Waals surface area contributed by atoms with Crippen LogP contribution < -0.4 is 27.2 Å². The Bertz CT molecular complexity index is 7870. The molecule has 0 spiro atoms. The Kier molecular flexibility index (Phi) is 20.7. The number of carbonyl (C=O) groups is 21. The number of furan rings is 2. The number of morpholine rings is 2. The summed E-state index contributed by atoms with van der Waals surface area (Å²) in [5.74, 6) is -14.5. The molecular formula is C93H40N2O40S. The highest BCUT2D eigenvalue weighted by Gasteiger charge is 2.41. The lowest BCUT2D eigenvalue weighted by atomic mass is 9.83. The SMILES string of the molecule is O=C(c1ccc2c(c1)C(=O)OC2=O)c1ccc2c(c1)C(=O)OC2=O.O=C1CN(CCN2CC(=O)OC(=O)C2)CC(=O)O1.O=C1OC(=O)c2cc(Oc3ccc4c(c3)C(=O)OC4=O)ccc21.O=C1OC(=O)c2cc(S(=O)(=O)c3ccc4c(c3)C(=O)OC4=O)ccc21.O=C1OC(=O)c2ccc3c4ccc5c6c(ccc(c7ccc1c2c73)c64)C(=O)OC5=O.O=c1oc(=O)c2cc3c(=O)oc(=O)c3cc12. The number of ether oxygens (including phenoxy) is 11. The third-order valence-corrected chi connectivity index (χ3v) is 24.0. The van der Waals surface area contributed by atoms with Gasteiger partial charge < -0.3 is 60.9 Å². The molecule has 0 amide bonds. The van der Waals surface area contributed by atoms with E-state index in [0.717, 1.165) is 68.7 Å². The molecule has 0 aliphatic carbocycles. The van der Waals surface area contributed by atoms with Gasteiger partial charge in [-0.3, -0.25) is 33.8 Å². The summed E-state index contributed by atoms with van der Waals surface area (Å²) in [5.41, 5.74) is -1.16. The lowest BCUT2D eigenvalue weighted by molar-refractivity contribution is -0.170. The topological polar surface area (TPSA) is 595 Å². The molecule has 10 aliphatic rings. The maximum Gasteiger partial charge on any atom is 0.347 e. The van der Waals surface area contributed by atoms with Crippen LogP contribution in [0.15, 0.2) is 208 Å². The first kappa shape index (κ1) is 86.3. The van der Waals surface area contributed by atoms with Gasteiger partial charge in [0.2, 0.25) is 9.84 Å². The summed E-state index contributed by atoms with van der Waals surface area (Å²) in [5, 5.41) is 5.96. The van der Waals surface area contributed by atoms with Crippen molar-refractivity contribution in [1.29, 1.82) is 0 Å². The van der Waals surface area contributed by atoms with Crippen LogP contribution in [0.4, 0.5) is 0 Å². The van der Waals surface area contributed by atoms with E-state index in [1.165, 1.54) is 84.9 Å². The van der Waals surface area contributed by atoms with Crippen LogP contribution in [0.2, 0.25) is 0 Å². The summed E-state index contributed by atoms with van der Waals surface area (Å²) in [4.78, 5) is 291. The van der Waals surface area contributed by atoms with Crippen LogP contribution in [0.25, 0.3) is 64.6 Å². The molecule has 0 bridgehead atoms. The van der Waals surface area contributed by atoms with E-state index in [-0.39, 0.29) is 147 Å². The van der Waals surface area contributed by atoms with E-state index in [9.17, 15) is 128 Å². The van der Waals surface area contributed by atoms with E-state index in [2.05, 4.69) is 46.7 Å². The Balaban J connectivity index is 0.000000106. The van der Waals surface area contributed by atoms with Crippen molar-refractivity contribution in [3.8, 4) is 11.5 Å². The highest BCUT2D eigenvalue weighted by molar-refractivity contribution is 7.91. The number of hydrogen-bond acceptors (Lipinski definition) is 42. The van der Waals surface area contributed by atoms with Gasteiger partial charge in [-0.15, -0.1) is 0 Å². The molecule has 0 radical (unpaired) electrons. The van der Waals surface area contributed by atoms with Gasteiger partial charge in [0.05, 0.1) is 147 Å². The highest BCUT2D eigenvalue weighted by Crippen LogP contribution is 2.47. The highest BCUT2D eigenvalue weighted by atomic mass is 32.2. The normalized spacial score (nSPS) is 15.9. The van der Waals surface area contributed by atoms with Crippen molar-refractivity contribution < 1.29 is 170 Å². The van der Waals surface area contributed by atoms with Crippen molar-refractivity contribution in [2.45, 2.75) is 9.79 Å². The summed E-state index contributed by atoms with van der Waals surface area (Å²) in [7, 11) is -4.10. The van der Waals surface area contributed by atoms with E-state index < -0.39 is 158 Å². The molecule has 14 aromatic rings. The van der Waals surface area contributed by atoms with Crippen LogP contribution in [0.1, 0.15) is 182 Å². The van der Waals surface area contributed by atoms with E-state index in [1.54, 1.807) is 34.1 Å². The standard InChI is InChI=1S/C24H8O6.C17H6O7.C16H6O8S.C16H6O7.C10H12N2O6.C10H2O6/c25-21-13-5-1-9-10-2-6-15-20-16(24(28)30-23(15)27)8-4-12(18(10)20)11-3-7-14(22(26)29-21)19(13)17(9)11;18-13(7-1-3-9-11(5-7)16(21)23-14(9)19)8-2-4-10-12(6-8)17(22)24-15(10)20;17-13-9-3-1-7(5-11(9)15(19)23-13)25(21,22)8-2-4-10-12(6-8)16(20)24-14(10)18;17-13-9-3-1-7(5-11(9)15(19)22-13)21-8-2-4-10-12(6-8)16(20)23-14(10)18;13-7-3-11(4-8(14)17-7)1-2-12-5-9(15)18-10(16)6-12;11-7-3-1-4-6(10(14)16-8(4)12)2-5(3)9(13)15-7/h1-8H;1-6H;1-6H;1-6H;1-6H2;1-2H. The smallest absolute Gasteiger partial charge is 0.347 e. The van der Waals surface area contributed by atoms with Crippen molar-refractivity contribution in [2.75, 3.05) is 39.3 Å². The molecule has 2 fully saturated rings. The summed E-state index contributed by atoms with van der Waals surface area (Å²) >= 11 is 0. The van der Waals surface area contributed by atoms with Gasteiger partial charge in [-0.25, -0.2) is 104 Å². The van der Waals surface area contributed by atoms with E-state index in [0.29, 0.717) is 46.1 Å². The lowest BCUT2D eigenvalue weighted by Gasteiger charge is -2.28. The maximum absolute atomic E-state index is 12.7. The molecule has 12 aromatic carbocycles. The molecule has 2 aromatic heterocycles. The van der Waals surface area contributed by atoms with Crippen molar-refractivity contribution >= 4 is 200 Å². The first-order valence-corrected chi connectivity index (χ1v) is 40.7. The summed E-state index contributed by atoms with van der Waals surface area (Å²) in [6.07, 6.45) is 0. The minimum absolute atomic E-state index is 0.0154. The molecule has 42 nitrogen and oxygen atoms in total. The predicted octanol–water partition coefficient (Wildman–Crippen LogP) is 6.39. The Morgan fingerprint density at radius 3 is 0.743 bits per heavy atom. The van der Waals surface area contributed by atoms with Crippen LogP contribution in [0, 0.1) is 0 Å². The molecule has 0 saturated carbocycles. The maximum atomic E-state index is 12.7. The van der Waals surface area contributed by atoms with Crippen LogP contribution in [0.5, 0.6) is 11.5 Å². The summed E-state index contributed by atoms with van der Waals surface area (Å²) < 4.78 is 85.0. The Labute approximate surface area is 748 Å². The van der Waals surface area contributed by atoms with Crippen LogP contribution in [-0.4, -0.2) is 183 Å². The quantitative estimate of drug-likeness (QED) is 0.0377. The molecule has 12 heterocycles. The number of hydrogen-bond donors (Lipinski definition) is 0. The molecule has 0 N–H and O–H groups in total. The second-order valence-corrected chi connectivity index (χ2v) is 32.2. The number of benzene rings is 12. The van der Waals surface area contributed by atoms with Gasteiger partial charge in [0.1, 0.15) is 11.5 Å². The van der Waals surface area contributed by atoms with Gasteiger partial charge in [0.25, 0.3) is 0 Å². The van der Waals surface area contributed by atoms with Gasteiger partial charge in [-0.1, -0.05) is 36.4 Å². The molecule has 2 saturated heterocycles. The number of rotatable bonds is 9. The molecule has 10 aliphatic heterocycles. The zero-order valence-corrected chi connectivity index (χ0v) is 68.4. The number of esters is 20. The number of cyclic esters (lactones) is 20. The van der Waals surface area contributed by atoms with Gasteiger partial charge >= 0.3 is 142 Å². The minimum atomic E-state index is -4.10. The Hall–Kier alpha value is -19.0. The summed E-state index contributed by atoms with van der Waals surface area (Å²) in [6, 6.07) is 39.5. The van der Waals surface area contributed by atoms with Crippen LogP contribution in [0.3, 0.4) is 0 Å². The van der Waals surface area contributed by atoms with E-state index >= 15 is 0 Å². The van der Waals surface area contributed by atoms with Gasteiger partial charge in [0.15, 0.2) is 5.78 Å². The third-order valence-electron chi connectivity index (χ3n) is 22.3. The average molecular weight is 1860 g/mol. The third kappa shape index (κ3) is 15.0. The second-order valence-electron chi connectivity index (χ2n) is 30.3. The number of sulfone groups is 1. The predicted molar refractivity (Wildman–Crippen MR) is 442 cm³/mol. The number of carbonyl (C=O) groups excluding carboxylic acids is 21. The van der Waals surface area contributed by atoms with Crippen LogP contribution in [-0.2, 0) is 76.4 Å². The molecule has 0 atom stereocenters. The van der Waals surface area contributed by atoms with E-state index in [1.807, 2.05) is 24.3 Å². The van der Waals surface area contributed by atoms with Gasteiger partial charge in [-0.05, 0) is 166 Å². The molecular weight excluding hydrogens is 1820 g/mol. The number of ketones is 1. The fourth-order valence-electron chi connectivity index (χ4n) is 16.1. The summed E-state index contributed by atoms with van der Waals surface area (Å²) in [6.45, 7) is 0.967. The zero-order valence-electron chi connectivity index (χ0n) is 67.5. The molecule has 0 unspecified atom stereocenters. The average Bonchev–Trinajstić information content (AvgIpc) is 0.943. The fourth-order valence-corrected chi connectivity index (χ4v) is 17.4. The second kappa shape index (κ2) is 32.6. The molecule has 136 heavy (non-hydrogen) atoms. The number of fused-ring (bicyclic) bond motifs is 10. The van der Waals surface area contributed by atoms with Crippen molar-refractivity contribution in [3.05, 3.63) is 312 Å². The van der Waals surface area contributed by atoms with Crippen molar-refractivity contribution in [3.63, 3.8) is 0 Å². The largest absolute Gasteiger partial charge is 0.457 e. The molecule has 668 valence electrons. The fraction of sp³-hybridized carbons (Fsp3) is 0.0645. The van der Waals surface area contributed by atoms with Crippen molar-refractivity contribution in [1.82, 2.24) is 9.80 Å². The minimum Gasteiger partial charge on any atom is -0.457 e. The zero-order chi connectivity index (χ0) is 96.0. The van der Waals surface area contributed by atoms with Gasteiger partial charge in [0, 0.05) is 35.0 Å². The van der Waals surface area contributed by atoms with Crippen LogP contribution >= 0.6 is 0 Å². The van der Waals surface area contributed by atoms with Gasteiger partial charge in [-0.2, -0.15) is 0 Å². The van der Waals surface area contributed by atoms with Crippen molar-refractivity contribution in [2.24, 2.45) is 0 Å². The first-order valence-electron chi connectivity index (χ1n) is 39.2.